The van der Waals surface area contributed by atoms with Gasteiger partial charge in [-0.1, -0.05) is 20.8 Å². The number of carbonyl (C=O) groups is 1. The highest BCUT2D eigenvalue weighted by Crippen LogP contribution is 2.18. The highest BCUT2D eigenvalue weighted by Gasteiger charge is 2.23. The Morgan fingerprint density at radius 2 is 2.25 bits per heavy atom. The van der Waals surface area contributed by atoms with E-state index in [0.717, 1.165) is 0 Å². The van der Waals surface area contributed by atoms with Crippen molar-refractivity contribution in [3.05, 3.63) is 33.7 Å². The molecule has 7 heteroatoms. The fourth-order valence-electron chi connectivity index (χ4n) is 1.57. The summed E-state index contributed by atoms with van der Waals surface area (Å²) in [5, 5.41) is 14.2. The molecular weight excluding hydrogens is 278 g/mol. The van der Waals surface area contributed by atoms with Gasteiger partial charge >= 0.3 is 0 Å². The van der Waals surface area contributed by atoms with Gasteiger partial charge in [0.15, 0.2) is 4.96 Å². The van der Waals surface area contributed by atoms with Crippen LogP contribution in [0.15, 0.2) is 22.6 Å². The molecule has 0 aliphatic heterocycles. The van der Waals surface area contributed by atoms with Gasteiger partial charge in [-0.05, 0) is 5.41 Å². The number of thiazole rings is 1. The summed E-state index contributed by atoms with van der Waals surface area (Å²) in [5.74, 6) is -0.522. The summed E-state index contributed by atoms with van der Waals surface area (Å²) in [5.41, 5.74) is -0.765. The molecule has 6 nitrogen and oxygen atoms in total. The number of rotatable bonds is 3. The van der Waals surface area contributed by atoms with Crippen LogP contribution in [0.1, 0.15) is 31.1 Å². The van der Waals surface area contributed by atoms with Crippen LogP contribution in [0.3, 0.4) is 0 Å². The molecule has 2 aromatic heterocycles. The number of aliphatic hydroxyl groups excluding tert-OH is 1. The molecule has 0 saturated carbocycles. The predicted molar refractivity (Wildman–Crippen MR) is 77.1 cm³/mol. The number of hydrogen-bond acceptors (Lipinski definition) is 5. The van der Waals surface area contributed by atoms with Crippen LogP contribution in [0.25, 0.3) is 4.96 Å². The summed E-state index contributed by atoms with van der Waals surface area (Å²) in [4.78, 5) is 28.7. The van der Waals surface area contributed by atoms with E-state index in [0.29, 0.717) is 4.96 Å². The van der Waals surface area contributed by atoms with Crippen molar-refractivity contribution in [2.75, 3.05) is 6.54 Å². The van der Waals surface area contributed by atoms with Gasteiger partial charge in [-0.3, -0.25) is 14.0 Å². The van der Waals surface area contributed by atoms with Gasteiger partial charge in [-0.2, -0.15) is 0 Å². The third-order valence-electron chi connectivity index (χ3n) is 3.04. The van der Waals surface area contributed by atoms with Crippen molar-refractivity contribution >= 4 is 22.2 Å². The maximum atomic E-state index is 12.1. The monoisotopic (exact) mass is 295 g/mol. The number of fused-ring (bicyclic) bond motifs is 1. The van der Waals surface area contributed by atoms with Crippen LogP contribution in [-0.4, -0.2) is 33.0 Å². The fourth-order valence-corrected chi connectivity index (χ4v) is 2.25. The van der Waals surface area contributed by atoms with Gasteiger partial charge in [-0.25, -0.2) is 4.98 Å². The van der Waals surface area contributed by atoms with Crippen molar-refractivity contribution in [1.82, 2.24) is 14.7 Å². The molecule has 0 aliphatic rings. The van der Waals surface area contributed by atoms with E-state index in [4.69, 9.17) is 0 Å². The van der Waals surface area contributed by atoms with Crippen LogP contribution < -0.4 is 10.9 Å². The lowest BCUT2D eigenvalue weighted by atomic mass is 9.89. The molecule has 2 N–H and O–H groups in total. The first-order valence-corrected chi connectivity index (χ1v) is 7.10. The Hall–Kier alpha value is -1.73. The van der Waals surface area contributed by atoms with Crippen LogP contribution in [0.4, 0.5) is 0 Å². The summed E-state index contributed by atoms with van der Waals surface area (Å²) in [6.07, 6.45) is 2.16. The molecule has 2 heterocycles. The second-order valence-corrected chi connectivity index (χ2v) is 6.50. The van der Waals surface area contributed by atoms with Crippen molar-refractivity contribution < 1.29 is 9.90 Å². The van der Waals surface area contributed by atoms with E-state index in [1.54, 1.807) is 11.6 Å². The van der Waals surface area contributed by atoms with Crippen molar-refractivity contribution in [2.24, 2.45) is 5.41 Å². The highest BCUT2D eigenvalue weighted by atomic mass is 32.1. The molecule has 0 spiro atoms. The van der Waals surface area contributed by atoms with Gasteiger partial charge in [-0.15, -0.1) is 11.3 Å². The van der Waals surface area contributed by atoms with Crippen LogP contribution in [0.5, 0.6) is 0 Å². The Balaban J connectivity index is 2.16. The topological polar surface area (TPSA) is 83.7 Å². The molecule has 1 atom stereocenters. The molecule has 2 rings (SSSR count). The van der Waals surface area contributed by atoms with Crippen molar-refractivity contribution in [3.8, 4) is 0 Å². The van der Waals surface area contributed by atoms with E-state index in [2.05, 4.69) is 10.3 Å². The van der Waals surface area contributed by atoms with Gasteiger partial charge < -0.3 is 10.4 Å². The largest absolute Gasteiger partial charge is 0.391 e. The lowest BCUT2D eigenvalue weighted by molar-refractivity contribution is 0.0586. The summed E-state index contributed by atoms with van der Waals surface area (Å²) in [6.45, 7) is 5.71. The van der Waals surface area contributed by atoms with E-state index in [1.807, 2.05) is 20.8 Å². The maximum Gasteiger partial charge on any atom is 0.271 e. The van der Waals surface area contributed by atoms with Crippen LogP contribution in [0, 0.1) is 5.41 Å². The molecule has 0 aromatic carbocycles. The molecule has 0 bridgehead atoms. The number of hydrogen-bond donors (Lipinski definition) is 2. The highest BCUT2D eigenvalue weighted by molar-refractivity contribution is 7.15. The first-order valence-electron chi connectivity index (χ1n) is 6.22. The Labute approximate surface area is 120 Å². The maximum absolute atomic E-state index is 12.1. The van der Waals surface area contributed by atoms with Gasteiger partial charge in [0.2, 0.25) is 0 Å². The molecule has 0 saturated heterocycles. The molecule has 108 valence electrons. The second-order valence-electron chi connectivity index (χ2n) is 5.62. The number of nitrogens with zero attached hydrogens (tertiary/aromatic N) is 2. The first-order chi connectivity index (χ1) is 9.30. The lowest BCUT2D eigenvalue weighted by Crippen LogP contribution is -2.40. The average molecular weight is 295 g/mol. The first kappa shape index (κ1) is 14.7. The standard InChI is InChI=1S/C13H17N3O3S/c1-13(2,3)9(17)7-14-10(18)8-6-15-12-16(11(8)19)4-5-20-12/h4-6,9,17H,7H2,1-3H3,(H,14,18). The molecule has 2 aromatic rings. The van der Waals surface area contributed by atoms with E-state index in [-0.39, 0.29) is 17.5 Å². The molecule has 0 fully saturated rings. The number of aliphatic hydroxyl groups is 1. The minimum Gasteiger partial charge on any atom is -0.391 e. The van der Waals surface area contributed by atoms with Gasteiger partial charge in [0.1, 0.15) is 5.56 Å². The quantitative estimate of drug-likeness (QED) is 0.881. The Bertz CT molecular complexity index is 684. The number of nitrogens with one attached hydrogen (secondary N) is 1. The fraction of sp³-hybridized carbons (Fsp3) is 0.462. The Morgan fingerprint density at radius 1 is 1.55 bits per heavy atom. The summed E-state index contributed by atoms with van der Waals surface area (Å²) in [6, 6.07) is 0. The van der Waals surface area contributed by atoms with E-state index < -0.39 is 17.6 Å². The zero-order chi connectivity index (χ0) is 14.9. The summed E-state index contributed by atoms with van der Waals surface area (Å²) < 4.78 is 1.33. The van der Waals surface area contributed by atoms with E-state index in [1.165, 1.54) is 21.9 Å². The zero-order valence-electron chi connectivity index (χ0n) is 11.6. The Kier molecular flexibility index (Phi) is 3.92. The summed E-state index contributed by atoms with van der Waals surface area (Å²) >= 11 is 1.32. The molecule has 1 unspecified atom stereocenters. The second kappa shape index (κ2) is 5.34. The van der Waals surface area contributed by atoms with Crippen LogP contribution >= 0.6 is 11.3 Å². The number of aromatic nitrogens is 2. The minimum absolute atomic E-state index is 0.0259. The third kappa shape index (κ3) is 2.88. The van der Waals surface area contributed by atoms with Crippen LogP contribution in [0.2, 0.25) is 0 Å². The van der Waals surface area contributed by atoms with Gasteiger partial charge in [0.05, 0.1) is 6.10 Å². The minimum atomic E-state index is -0.688. The molecule has 20 heavy (non-hydrogen) atoms. The van der Waals surface area contributed by atoms with Crippen molar-refractivity contribution in [2.45, 2.75) is 26.9 Å². The summed E-state index contributed by atoms with van der Waals surface area (Å²) in [7, 11) is 0. The van der Waals surface area contributed by atoms with Gasteiger partial charge in [0, 0.05) is 24.3 Å². The smallest absolute Gasteiger partial charge is 0.271 e. The van der Waals surface area contributed by atoms with E-state index in [9.17, 15) is 14.7 Å². The number of carbonyl (C=O) groups excluding carboxylic acids is 1. The average Bonchev–Trinajstić information content (AvgIpc) is 2.84. The van der Waals surface area contributed by atoms with E-state index >= 15 is 0 Å². The predicted octanol–water partition coefficient (Wildman–Crippen LogP) is 0.893. The lowest BCUT2D eigenvalue weighted by Gasteiger charge is -2.25. The SMILES string of the molecule is CC(C)(C)C(O)CNC(=O)c1cnc2sccn2c1=O. The molecule has 0 radical (unpaired) electrons. The van der Waals surface area contributed by atoms with Crippen molar-refractivity contribution in [3.63, 3.8) is 0 Å². The molecular formula is C13H17N3O3S. The Morgan fingerprint density at radius 3 is 2.90 bits per heavy atom. The molecule has 0 aliphatic carbocycles. The van der Waals surface area contributed by atoms with Crippen LogP contribution in [-0.2, 0) is 0 Å². The van der Waals surface area contributed by atoms with Gasteiger partial charge in [0.25, 0.3) is 11.5 Å². The number of amides is 1. The van der Waals surface area contributed by atoms with Crippen molar-refractivity contribution in [1.29, 1.82) is 0 Å². The molecule has 1 amide bonds. The zero-order valence-corrected chi connectivity index (χ0v) is 12.4. The third-order valence-corrected chi connectivity index (χ3v) is 3.81. The normalized spacial score (nSPS) is 13.4.